The first-order valence-corrected chi connectivity index (χ1v) is 9.29. The summed E-state index contributed by atoms with van der Waals surface area (Å²) in [5, 5.41) is 0. The van der Waals surface area contributed by atoms with Crippen LogP contribution in [0.15, 0.2) is 21.5 Å². The Morgan fingerprint density at radius 1 is 1.33 bits per heavy atom. The van der Waals surface area contributed by atoms with Gasteiger partial charge in [-0.25, -0.2) is 13.1 Å². The van der Waals surface area contributed by atoms with E-state index in [1.165, 1.54) is 0 Å². The van der Waals surface area contributed by atoms with Gasteiger partial charge in [0.05, 0.1) is 4.90 Å². The molecule has 0 saturated heterocycles. The molecule has 21 heavy (non-hydrogen) atoms. The quantitative estimate of drug-likeness (QED) is 0.715. The highest BCUT2D eigenvalue weighted by Gasteiger charge is 2.22. The summed E-state index contributed by atoms with van der Waals surface area (Å²) in [6, 6.07) is 3.11. The Bertz CT molecular complexity index is 586. The number of halogens is 1. The molecule has 0 bridgehead atoms. The summed E-state index contributed by atoms with van der Waals surface area (Å²) in [6.07, 6.45) is 0. The maximum atomic E-state index is 12.5. The number of hydrogen-bond donors (Lipinski definition) is 2. The van der Waals surface area contributed by atoms with Gasteiger partial charge >= 0.3 is 0 Å². The summed E-state index contributed by atoms with van der Waals surface area (Å²) < 4.78 is 28.4. The molecular weight excluding hydrogens is 354 g/mol. The lowest BCUT2D eigenvalue weighted by Gasteiger charge is -2.23. The lowest BCUT2D eigenvalue weighted by molar-refractivity contribution is 0.282. The molecule has 0 heterocycles. The van der Waals surface area contributed by atoms with Crippen LogP contribution in [0.3, 0.4) is 0 Å². The number of nitrogens with one attached hydrogen (secondary N) is 1. The Kier molecular flexibility index (Phi) is 6.65. The first-order chi connectivity index (χ1) is 9.71. The van der Waals surface area contributed by atoms with E-state index in [0.717, 1.165) is 13.1 Å². The Morgan fingerprint density at radius 2 is 1.90 bits per heavy atom. The minimum absolute atomic E-state index is 0.172. The van der Waals surface area contributed by atoms with Crippen molar-refractivity contribution in [1.29, 1.82) is 0 Å². The predicted octanol–water partition coefficient (Wildman–Crippen LogP) is 2.35. The van der Waals surface area contributed by atoms with Gasteiger partial charge < -0.3 is 10.6 Å². The summed E-state index contributed by atoms with van der Waals surface area (Å²) in [5.74, 6) is 0. The monoisotopic (exact) mass is 377 g/mol. The van der Waals surface area contributed by atoms with Crippen LogP contribution in [0, 0.1) is 6.92 Å². The molecule has 0 aromatic heterocycles. The van der Waals surface area contributed by atoms with Crippen molar-refractivity contribution in [3.8, 4) is 0 Å². The lowest BCUT2D eigenvalue weighted by Crippen LogP contribution is -2.42. The molecule has 0 aliphatic carbocycles. The van der Waals surface area contributed by atoms with E-state index in [1.54, 1.807) is 19.1 Å². The van der Waals surface area contributed by atoms with Gasteiger partial charge in [0.2, 0.25) is 10.0 Å². The highest BCUT2D eigenvalue weighted by molar-refractivity contribution is 9.10. The van der Waals surface area contributed by atoms with Gasteiger partial charge in [0, 0.05) is 22.7 Å². The van der Waals surface area contributed by atoms with E-state index < -0.39 is 10.0 Å². The number of nitrogen functional groups attached to an aromatic ring is 1. The number of rotatable bonds is 7. The largest absolute Gasteiger partial charge is 0.398 e. The standard InChI is InChI=1S/C14H24BrN3O2S/c1-5-18(6-2)9-10(3)17-21(19,20)14-8-12(15)7-13(16)11(14)4/h7-8,10,17H,5-6,9,16H2,1-4H3. The van der Waals surface area contributed by atoms with E-state index in [-0.39, 0.29) is 10.9 Å². The minimum Gasteiger partial charge on any atom is -0.398 e. The predicted molar refractivity (Wildman–Crippen MR) is 90.9 cm³/mol. The van der Waals surface area contributed by atoms with Gasteiger partial charge in [-0.2, -0.15) is 0 Å². The third-order valence-corrected chi connectivity index (χ3v) is 5.61. The fourth-order valence-electron chi connectivity index (χ4n) is 2.19. The van der Waals surface area contributed by atoms with Crippen LogP contribution in [0.2, 0.25) is 0 Å². The summed E-state index contributed by atoms with van der Waals surface area (Å²) in [6.45, 7) is 10.2. The zero-order valence-electron chi connectivity index (χ0n) is 13.0. The van der Waals surface area contributed by atoms with Gasteiger partial charge in [0.15, 0.2) is 0 Å². The normalized spacial score (nSPS) is 13.6. The number of likely N-dealkylation sites (N-methyl/N-ethyl adjacent to an activating group) is 1. The first kappa shape index (κ1) is 18.4. The third kappa shape index (κ3) is 4.95. The molecule has 0 amide bonds. The fourth-order valence-corrected chi connectivity index (χ4v) is 4.35. The van der Waals surface area contributed by atoms with Crippen molar-refractivity contribution in [3.63, 3.8) is 0 Å². The molecule has 1 aromatic rings. The number of benzene rings is 1. The zero-order valence-corrected chi connectivity index (χ0v) is 15.4. The fraction of sp³-hybridized carbons (Fsp3) is 0.571. The van der Waals surface area contributed by atoms with Crippen LogP contribution in [-0.2, 0) is 10.0 Å². The van der Waals surface area contributed by atoms with Crippen molar-refractivity contribution in [2.24, 2.45) is 0 Å². The van der Waals surface area contributed by atoms with Gasteiger partial charge in [-0.3, -0.25) is 0 Å². The summed E-state index contributed by atoms with van der Waals surface area (Å²) >= 11 is 3.29. The third-order valence-electron chi connectivity index (χ3n) is 3.44. The molecule has 0 fully saturated rings. The summed E-state index contributed by atoms with van der Waals surface area (Å²) in [4.78, 5) is 2.40. The van der Waals surface area contributed by atoms with Crippen LogP contribution in [0.1, 0.15) is 26.3 Å². The van der Waals surface area contributed by atoms with E-state index in [1.807, 2.05) is 6.92 Å². The smallest absolute Gasteiger partial charge is 0.241 e. The summed E-state index contributed by atoms with van der Waals surface area (Å²) in [7, 11) is -3.58. The summed E-state index contributed by atoms with van der Waals surface area (Å²) in [5.41, 5.74) is 6.87. The minimum atomic E-state index is -3.58. The number of sulfonamides is 1. The van der Waals surface area contributed by atoms with E-state index in [9.17, 15) is 8.42 Å². The molecule has 1 unspecified atom stereocenters. The molecule has 120 valence electrons. The van der Waals surface area contributed by atoms with Crippen molar-refractivity contribution >= 4 is 31.6 Å². The molecule has 0 radical (unpaired) electrons. The molecule has 3 N–H and O–H groups in total. The van der Waals surface area contributed by atoms with Gasteiger partial charge in [-0.15, -0.1) is 0 Å². The molecule has 0 aliphatic heterocycles. The average Bonchev–Trinajstić information content (AvgIpc) is 2.39. The molecule has 1 atom stereocenters. The van der Waals surface area contributed by atoms with Crippen LogP contribution >= 0.6 is 15.9 Å². The topological polar surface area (TPSA) is 75.4 Å². The SMILES string of the molecule is CCN(CC)CC(C)NS(=O)(=O)c1cc(Br)cc(N)c1C. The Labute approximate surface area is 136 Å². The van der Waals surface area contributed by atoms with Gasteiger partial charge in [-0.1, -0.05) is 29.8 Å². The number of hydrogen-bond acceptors (Lipinski definition) is 4. The molecule has 0 saturated carbocycles. The Morgan fingerprint density at radius 3 is 2.43 bits per heavy atom. The first-order valence-electron chi connectivity index (χ1n) is 7.01. The van der Waals surface area contributed by atoms with E-state index >= 15 is 0 Å². The van der Waals surface area contributed by atoms with Gasteiger partial charge in [0.1, 0.15) is 0 Å². The molecule has 7 heteroatoms. The van der Waals surface area contributed by atoms with Crippen LogP contribution < -0.4 is 10.5 Å². The maximum absolute atomic E-state index is 12.5. The van der Waals surface area contributed by atoms with E-state index in [0.29, 0.717) is 22.3 Å². The number of nitrogens with zero attached hydrogens (tertiary/aromatic N) is 1. The zero-order chi connectivity index (χ0) is 16.2. The van der Waals surface area contributed by atoms with E-state index in [4.69, 9.17) is 5.73 Å². The van der Waals surface area contributed by atoms with Crippen LogP contribution in [0.4, 0.5) is 5.69 Å². The van der Waals surface area contributed by atoms with Crippen molar-refractivity contribution in [2.45, 2.75) is 38.6 Å². The van der Waals surface area contributed by atoms with Crippen molar-refractivity contribution in [3.05, 3.63) is 22.2 Å². The second-order valence-corrected chi connectivity index (χ2v) is 7.72. The van der Waals surface area contributed by atoms with Crippen LogP contribution in [0.5, 0.6) is 0 Å². The van der Waals surface area contributed by atoms with E-state index in [2.05, 4.69) is 39.4 Å². The average molecular weight is 378 g/mol. The van der Waals surface area contributed by atoms with Crippen LogP contribution in [-0.4, -0.2) is 39.0 Å². The van der Waals surface area contributed by atoms with Gasteiger partial charge in [-0.05, 0) is 44.6 Å². The maximum Gasteiger partial charge on any atom is 0.241 e. The Hall–Kier alpha value is -0.630. The van der Waals surface area contributed by atoms with Gasteiger partial charge in [0.25, 0.3) is 0 Å². The molecule has 1 aromatic carbocycles. The van der Waals surface area contributed by atoms with Crippen LogP contribution in [0.25, 0.3) is 0 Å². The molecule has 5 nitrogen and oxygen atoms in total. The number of anilines is 1. The molecule has 0 aliphatic rings. The number of nitrogens with two attached hydrogens (primary N) is 1. The van der Waals surface area contributed by atoms with Crippen molar-refractivity contribution in [1.82, 2.24) is 9.62 Å². The van der Waals surface area contributed by atoms with Crippen molar-refractivity contribution < 1.29 is 8.42 Å². The highest BCUT2D eigenvalue weighted by Crippen LogP contribution is 2.26. The molecular formula is C14H24BrN3O2S. The second kappa shape index (κ2) is 7.58. The lowest BCUT2D eigenvalue weighted by atomic mass is 10.2. The Balaban J connectivity index is 2.97. The molecule has 0 spiro atoms. The highest BCUT2D eigenvalue weighted by atomic mass is 79.9. The molecule has 1 rings (SSSR count). The second-order valence-electron chi connectivity index (χ2n) is 5.13. The van der Waals surface area contributed by atoms with Crippen molar-refractivity contribution in [2.75, 3.05) is 25.4 Å².